The molecule has 0 spiro atoms. The van der Waals surface area contributed by atoms with Gasteiger partial charge in [0.2, 0.25) is 11.8 Å². The first-order valence-electron chi connectivity index (χ1n) is 7.91. The molecule has 1 heterocycles. The highest BCUT2D eigenvalue weighted by atomic mass is 16.5. The molecule has 0 radical (unpaired) electrons. The predicted octanol–water partition coefficient (Wildman–Crippen LogP) is 3.68. The maximum absolute atomic E-state index is 12.0. The number of rotatable bonds is 5. The third kappa shape index (κ3) is 4.44. The molecule has 0 aliphatic rings. The van der Waals surface area contributed by atoms with Gasteiger partial charge in [0.25, 0.3) is 5.91 Å². The first-order chi connectivity index (χ1) is 12.0. The van der Waals surface area contributed by atoms with E-state index in [2.05, 4.69) is 21.6 Å². The monoisotopic (exact) mass is 337 g/mol. The Bertz CT molecular complexity index is 865. The normalized spacial score (nSPS) is 10.5. The van der Waals surface area contributed by atoms with Gasteiger partial charge in [-0.25, -0.2) is 0 Å². The van der Waals surface area contributed by atoms with Crippen molar-refractivity contribution in [1.82, 2.24) is 10.2 Å². The Kier molecular flexibility index (Phi) is 4.79. The second-order valence-corrected chi connectivity index (χ2v) is 5.86. The Hall–Kier alpha value is -3.15. The maximum atomic E-state index is 12.0. The molecule has 1 amide bonds. The van der Waals surface area contributed by atoms with E-state index in [-0.39, 0.29) is 12.5 Å². The van der Waals surface area contributed by atoms with Crippen LogP contribution in [0.5, 0.6) is 5.75 Å². The lowest BCUT2D eigenvalue weighted by Crippen LogP contribution is -2.20. The molecule has 0 saturated heterocycles. The number of ether oxygens (including phenoxy) is 1. The van der Waals surface area contributed by atoms with Crippen molar-refractivity contribution in [2.45, 2.75) is 20.8 Å². The molecule has 25 heavy (non-hydrogen) atoms. The van der Waals surface area contributed by atoms with Crippen molar-refractivity contribution in [2.75, 3.05) is 11.9 Å². The van der Waals surface area contributed by atoms with E-state index in [4.69, 9.17) is 9.15 Å². The SMILES string of the molecule is Cc1cc(C)cc(NC(=O)COc2ccc(-c3nnc(C)o3)cc2)c1. The summed E-state index contributed by atoms with van der Waals surface area (Å²) in [5.41, 5.74) is 3.77. The summed E-state index contributed by atoms with van der Waals surface area (Å²) in [4.78, 5) is 12.0. The number of amides is 1. The molecule has 0 atom stereocenters. The second kappa shape index (κ2) is 7.17. The molecule has 0 unspecified atom stereocenters. The molecule has 0 aliphatic carbocycles. The number of benzene rings is 2. The Morgan fingerprint density at radius 3 is 2.32 bits per heavy atom. The van der Waals surface area contributed by atoms with Crippen LogP contribution in [0.3, 0.4) is 0 Å². The van der Waals surface area contributed by atoms with Crippen molar-refractivity contribution in [2.24, 2.45) is 0 Å². The molecule has 3 aromatic rings. The predicted molar refractivity (Wildman–Crippen MR) is 94.5 cm³/mol. The van der Waals surface area contributed by atoms with Crippen LogP contribution < -0.4 is 10.1 Å². The van der Waals surface area contributed by atoms with Crippen LogP contribution in [0.1, 0.15) is 17.0 Å². The van der Waals surface area contributed by atoms with Gasteiger partial charge in [-0.15, -0.1) is 10.2 Å². The van der Waals surface area contributed by atoms with E-state index in [1.807, 2.05) is 38.1 Å². The average molecular weight is 337 g/mol. The highest BCUT2D eigenvalue weighted by molar-refractivity contribution is 5.92. The van der Waals surface area contributed by atoms with Gasteiger partial charge in [0.1, 0.15) is 5.75 Å². The smallest absolute Gasteiger partial charge is 0.262 e. The average Bonchev–Trinajstić information content (AvgIpc) is 2.99. The number of nitrogens with zero attached hydrogens (tertiary/aromatic N) is 2. The zero-order chi connectivity index (χ0) is 17.8. The van der Waals surface area contributed by atoms with Crippen LogP contribution in [0.2, 0.25) is 0 Å². The molecule has 6 nitrogen and oxygen atoms in total. The molecule has 1 aromatic heterocycles. The van der Waals surface area contributed by atoms with Crippen LogP contribution in [-0.2, 0) is 4.79 Å². The quantitative estimate of drug-likeness (QED) is 0.768. The molecule has 0 fully saturated rings. The van der Waals surface area contributed by atoms with Crippen molar-refractivity contribution in [3.63, 3.8) is 0 Å². The molecular formula is C19H19N3O3. The lowest BCUT2D eigenvalue weighted by atomic mass is 10.1. The summed E-state index contributed by atoms with van der Waals surface area (Å²) in [5, 5.41) is 10.6. The topological polar surface area (TPSA) is 77.2 Å². The van der Waals surface area contributed by atoms with E-state index in [0.29, 0.717) is 17.5 Å². The van der Waals surface area contributed by atoms with E-state index in [1.54, 1.807) is 19.1 Å². The van der Waals surface area contributed by atoms with Gasteiger partial charge in [0, 0.05) is 18.2 Å². The minimum atomic E-state index is -0.207. The summed E-state index contributed by atoms with van der Waals surface area (Å²) < 4.78 is 10.9. The van der Waals surface area contributed by atoms with E-state index in [1.165, 1.54) is 0 Å². The lowest BCUT2D eigenvalue weighted by Gasteiger charge is -2.09. The van der Waals surface area contributed by atoms with Crippen molar-refractivity contribution < 1.29 is 13.9 Å². The fourth-order valence-electron chi connectivity index (χ4n) is 2.50. The summed E-state index contributed by atoms with van der Waals surface area (Å²) in [6, 6.07) is 13.0. The van der Waals surface area contributed by atoms with Gasteiger partial charge in [-0.1, -0.05) is 6.07 Å². The van der Waals surface area contributed by atoms with Gasteiger partial charge < -0.3 is 14.5 Å². The number of hydrogen-bond acceptors (Lipinski definition) is 5. The van der Waals surface area contributed by atoms with Crippen LogP contribution in [0.4, 0.5) is 5.69 Å². The molecule has 3 rings (SSSR count). The minimum absolute atomic E-state index is 0.0635. The van der Waals surface area contributed by atoms with Gasteiger partial charge in [-0.05, 0) is 61.4 Å². The van der Waals surface area contributed by atoms with Crippen molar-refractivity contribution in [3.05, 3.63) is 59.5 Å². The zero-order valence-electron chi connectivity index (χ0n) is 14.4. The minimum Gasteiger partial charge on any atom is -0.484 e. The van der Waals surface area contributed by atoms with Crippen molar-refractivity contribution in [1.29, 1.82) is 0 Å². The van der Waals surface area contributed by atoms with Gasteiger partial charge in [0.15, 0.2) is 6.61 Å². The second-order valence-electron chi connectivity index (χ2n) is 5.86. The van der Waals surface area contributed by atoms with E-state index in [9.17, 15) is 4.79 Å². The molecule has 128 valence electrons. The van der Waals surface area contributed by atoms with Crippen molar-refractivity contribution in [3.8, 4) is 17.2 Å². The van der Waals surface area contributed by atoms with Gasteiger partial charge in [0.05, 0.1) is 0 Å². The number of nitrogens with one attached hydrogen (secondary N) is 1. The summed E-state index contributed by atoms with van der Waals surface area (Å²) >= 11 is 0. The summed E-state index contributed by atoms with van der Waals surface area (Å²) in [5.74, 6) is 1.35. The molecule has 1 N–H and O–H groups in total. The summed E-state index contributed by atoms with van der Waals surface area (Å²) in [6.45, 7) is 5.66. The molecule has 2 aromatic carbocycles. The van der Waals surface area contributed by atoms with Crippen LogP contribution >= 0.6 is 0 Å². The third-order valence-electron chi connectivity index (χ3n) is 3.50. The Labute approximate surface area is 145 Å². The molecule has 6 heteroatoms. The standard InChI is InChI=1S/C19H19N3O3/c1-12-8-13(2)10-16(9-12)20-18(23)11-24-17-6-4-15(5-7-17)19-22-21-14(3)25-19/h4-10H,11H2,1-3H3,(H,20,23). The van der Waals surface area contributed by atoms with Crippen LogP contribution in [0.25, 0.3) is 11.5 Å². The van der Waals surface area contributed by atoms with Gasteiger partial charge in [-0.2, -0.15) is 0 Å². The molecule has 0 saturated carbocycles. The third-order valence-corrected chi connectivity index (χ3v) is 3.50. The van der Waals surface area contributed by atoms with E-state index < -0.39 is 0 Å². The van der Waals surface area contributed by atoms with Crippen molar-refractivity contribution >= 4 is 11.6 Å². The molecule has 0 aliphatic heterocycles. The number of anilines is 1. The first kappa shape index (κ1) is 16.7. The highest BCUT2D eigenvalue weighted by Gasteiger charge is 2.08. The zero-order valence-corrected chi connectivity index (χ0v) is 14.4. The van der Waals surface area contributed by atoms with Gasteiger partial charge >= 0.3 is 0 Å². The summed E-state index contributed by atoms with van der Waals surface area (Å²) in [6.07, 6.45) is 0. The molecular weight excluding hydrogens is 318 g/mol. The lowest BCUT2D eigenvalue weighted by molar-refractivity contribution is -0.118. The first-order valence-corrected chi connectivity index (χ1v) is 7.91. The molecule has 0 bridgehead atoms. The maximum Gasteiger partial charge on any atom is 0.262 e. The number of carbonyl (C=O) groups excluding carboxylic acids is 1. The highest BCUT2D eigenvalue weighted by Crippen LogP contribution is 2.21. The largest absolute Gasteiger partial charge is 0.484 e. The van der Waals surface area contributed by atoms with Crippen LogP contribution in [0.15, 0.2) is 46.9 Å². The van der Waals surface area contributed by atoms with Crippen LogP contribution in [0, 0.1) is 20.8 Å². The Balaban J connectivity index is 1.56. The fourth-order valence-corrected chi connectivity index (χ4v) is 2.50. The van der Waals surface area contributed by atoms with Crippen LogP contribution in [-0.4, -0.2) is 22.7 Å². The van der Waals surface area contributed by atoms with E-state index in [0.717, 1.165) is 22.4 Å². The number of aryl methyl sites for hydroxylation is 3. The summed E-state index contributed by atoms with van der Waals surface area (Å²) in [7, 11) is 0. The fraction of sp³-hybridized carbons (Fsp3) is 0.211. The number of aromatic nitrogens is 2. The Morgan fingerprint density at radius 1 is 1.04 bits per heavy atom. The number of hydrogen-bond donors (Lipinski definition) is 1. The van der Waals surface area contributed by atoms with E-state index >= 15 is 0 Å². The Morgan fingerprint density at radius 2 is 1.72 bits per heavy atom. The van der Waals surface area contributed by atoms with Gasteiger partial charge in [-0.3, -0.25) is 4.79 Å². The number of carbonyl (C=O) groups is 1.